The van der Waals surface area contributed by atoms with E-state index >= 15 is 0 Å². The molecule has 1 rings (SSSR count). The summed E-state index contributed by atoms with van der Waals surface area (Å²) in [4.78, 5) is 0. The zero-order chi connectivity index (χ0) is 7.56. The Labute approximate surface area is 56.9 Å². The van der Waals surface area contributed by atoms with E-state index in [9.17, 15) is 14.8 Å². The molecule has 0 heterocycles. The van der Waals surface area contributed by atoms with Crippen molar-refractivity contribution in [3.05, 3.63) is 40.5 Å². The molecule has 0 amide bonds. The molecule has 10 heavy (non-hydrogen) atoms. The molecule has 4 heteroatoms. The predicted octanol–water partition coefficient (Wildman–Crippen LogP) is 0.338. The van der Waals surface area contributed by atoms with Crippen LogP contribution in [0.25, 0.3) is 0 Å². The van der Waals surface area contributed by atoms with Crippen LogP contribution in [0.3, 0.4) is 0 Å². The van der Waals surface area contributed by atoms with E-state index in [1.54, 1.807) is 0 Å². The molecule has 0 atom stereocenters. The Morgan fingerprint density at radius 2 is 1.60 bits per heavy atom. The molecule has 0 aliphatic heterocycles. The van der Waals surface area contributed by atoms with Gasteiger partial charge in [0.2, 0.25) is 0 Å². The summed E-state index contributed by atoms with van der Waals surface area (Å²) in [6, 6.07) is 4.46. The van der Waals surface area contributed by atoms with E-state index in [0.717, 1.165) is 24.3 Å². The van der Waals surface area contributed by atoms with Crippen LogP contribution in [-0.2, 0) is 0 Å². The fourth-order valence-corrected chi connectivity index (χ4v) is 0.586. The molecule has 1 N–H and O–H groups in total. The fraction of sp³-hybridized carbons (Fsp3) is 0. The Hall–Kier alpha value is -0.970. The summed E-state index contributed by atoms with van der Waals surface area (Å²) >= 11 is 0. The van der Waals surface area contributed by atoms with Crippen molar-refractivity contribution in [3.63, 3.8) is 0 Å². The molecule has 0 unspecified atom stereocenters. The van der Waals surface area contributed by atoms with Gasteiger partial charge in [0.15, 0.2) is 0 Å². The Bertz CT molecular complexity index is 209. The molecule has 54 valence electrons. The molecule has 0 spiro atoms. The van der Waals surface area contributed by atoms with Gasteiger partial charge in [0, 0.05) is 12.1 Å². The molecule has 0 radical (unpaired) electrons. The Kier molecular flexibility index (Phi) is 1.96. The van der Waals surface area contributed by atoms with Gasteiger partial charge in [-0.15, -0.1) is 0 Å². The van der Waals surface area contributed by atoms with E-state index in [0.29, 0.717) is 0 Å². The second-order valence-electron chi connectivity index (χ2n) is 1.79. The summed E-state index contributed by atoms with van der Waals surface area (Å²) in [7, 11) is 0. The van der Waals surface area contributed by atoms with Gasteiger partial charge in [-0.3, -0.25) is 0 Å². The minimum Gasteiger partial charge on any atom is -0.628 e. The van der Waals surface area contributed by atoms with E-state index in [4.69, 9.17) is 0 Å². The van der Waals surface area contributed by atoms with Crippen LogP contribution in [0.15, 0.2) is 24.3 Å². The van der Waals surface area contributed by atoms with Gasteiger partial charge in [-0.25, -0.2) is 4.39 Å². The van der Waals surface area contributed by atoms with Gasteiger partial charge in [-0.05, 0) is 12.1 Å². The van der Waals surface area contributed by atoms with E-state index in [1.165, 1.54) is 0 Å². The molecule has 1 aromatic rings. The Morgan fingerprint density at radius 3 is 2.00 bits per heavy atom. The predicted molar refractivity (Wildman–Crippen MR) is 33.8 cm³/mol. The molecule has 0 saturated carbocycles. The molecule has 0 aliphatic rings. The summed E-state index contributed by atoms with van der Waals surface area (Å²) in [6.45, 7) is 0. The molecule has 0 aliphatic carbocycles. The Balaban J connectivity index is 2.89. The molecule has 0 bridgehead atoms. The van der Waals surface area contributed by atoms with Gasteiger partial charge >= 0.3 is 0 Å². The maximum absolute atomic E-state index is 12.1. The minimum absolute atomic E-state index is 0.0126. The minimum atomic E-state index is -1.29. The number of hydrogen-bond donors (Lipinski definition) is 1. The first-order chi connectivity index (χ1) is 4.70. The molecular formula is C6H5FNO2-. The van der Waals surface area contributed by atoms with Gasteiger partial charge in [-0.2, -0.15) is 0 Å². The Morgan fingerprint density at radius 1 is 1.10 bits per heavy atom. The highest BCUT2D eigenvalue weighted by molar-refractivity contribution is 5.28. The molecule has 1 aromatic carbocycles. The van der Waals surface area contributed by atoms with Crippen LogP contribution >= 0.6 is 0 Å². The van der Waals surface area contributed by atoms with Gasteiger partial charge < -0.3 is 15.6 Å². The third-order valence-electron chi connectivity index (χ3n) is 1.08. The highest BCUT2D eigenvalue weighted by atomic mass is 19.1. The maximum atomic E-state index is 12.1. The summed E-state index contributed by atoms with van der Waals surface area (Å²) < 4.78 is 12.1. The molecule has 0 saturated heterocycles. The van der Waals surface area contributed by atoms with Crippen LogP contribution in [0.2, 0.25) is 0 Å². The van der Waals surface area contributed by atoms with Crippen LogP contribution in [0.4, 0.5) is 10.1 Å². The molecular weight excluding hydrogens is 137 g/mol. The average molecular weight is 142 g/mol. The van der Waals surface area contributed by atoms with Crippen LogP contribution in [0.5, 0.6) is 0 Å². The van der Waals surface area contributed by atoms with Crippen LogP contribution in [0, 0.1) is 16.2 Å². The van der Waals surface area contributed by atoms with Crippen molar-refractivity contribution < 1.29 is 9.62 Å². The lowest BCUT2D eigenvalue weighted by atomic mass is 10.3. The van der Waals surface area contributed by atoms with Crippen molar-refractivity contribution in [2.45, 2.75) is 0 Å². The van der Waals surface area contributed by atoms with Gasteiger partial charge in [0.25, 0.3) is 0 Å². The first kappa shape index (κ1) is 7.14. The van der Waals surface area contributed by atoms with Crippen molar-refractivity contribution in [3.8, 4) is 0 Å². The zero-order valence-electron chi connectivity index (χ0n) is 5.00. The van der Waals surface area contributed by atoms with Gasteiger partial charge in [0.1, 0.15) is 11.5 Å². The van der Waals surface area contributed by atoms with Crippen LogP contribution < -0.4 is 5.23 Å². The average Bonchev–Trinajstić information content (AvgIpc) is 1.88. The standard InChI is InChI=1S/C6H5FNO2/c7-5-1-3-6(4-2-5)8(9)10/h1-4,8H/q-1. The number of hydrogen-bond acceptors (Lipinski definition) is 2. The number of benzene rings is 1. The smallest absolute Gasteiger partial charge is 0.131 e. The van der Waals surface area contributed by atoms with Crippen molar-refractivity contribution in [2.24, 2.45) is 0 Å². The molecule has 3 nitrogen and oxygen atoms in total. The molecule has 0 aromatic heterocycles. The summed E-state index contributed by atoms with van der Waals surface area (Å²) in [5.74, 6) is -0.454. The van der Waals surface area contributed by atoms with Crippen LogP contribution in [-0.4, -0.2) is 0 Å². The van der Waals surface area contributed by atoms with Crippen LogP contribution in [0.1, 0.15) is 0 Å². The molecule has 0 fully saturated rings. The maximum Gasteiger partial charge on any atom is 0.131 e. The first-order valence-corrected chi connectivity index (χ1v) is 2.67. The zero-order valence-corrected chi connectivity index (χ0v) is 5.00. The largest absolute Gasteiger partial charge is 0.628 e. The summed E-state index contributed by atoms with van der Waals surface area (Å²) in [5, 5.41) is 18.9. The number of halogens is 1. The van der Waals surface area contributed by atoms with Crippen molar-refractivity contribution in [1.29, 1.82) is 0 Å². The number of nitrogens with one attached hydrogen (secondary N) is 1. The summed E-state index contributed by atoms with van der Waals surface area (Å²) in [6.07, 6.45) is 0. The van der Waals surface area contributed by atoms with Gasteiger partial charge in [0.05, 0.1) is 0 Å². The van der Waals surface area contributed by atoms with E-state index in [-0.39, 0.29) is 5.69 Å². The monoisotopic (exact) mass is 142 g/mol. The highest BCUT2D eigenvalue weighted by Gasteiger charge is 1.92. The van der Waals surface area contributed by atoms with E-state index in [2.05, 4.69) is 0 Å². The lowest BCUT2D eigenvalue weighted by molar-refractivity contribution is -0.715. The lowest BCUT2D eigenvalue weighted by Crippen LogP contribution is -2.96. The van der Waals surface area contributed by atoms with E-state index in [1.807, 2.05) is 0 Å². The van der Waals surface area contributed by atoms with E-state index < -0.39 is 11.0 Å². The second-order valence-corrected chi connectivity index (χ2v) is 1.79. The normalized spacial score (nSPS) is 10.4. The number of rotatable bonds is 1. The SMILES string of the molecule is [O-][NH+]([O-])c1ccc(F)cc1. The third kappa shape index (κ3) is 1.51. The quantitative estimate of drug-likeness (QED) is 0.574. The van der Waals surface area contributed by atoms with Gasteiger partial charge in [-0.1, -0.05) is 0 Å². The van der Waals surface area contributed by atoms with Crippen molar-refractivity contribution >= 4 is 5.69 Å². The summed E-state index contributed by atoms with van der Waals surface area (Å²) in [5.41, 5.74) is -0.0126. The highest BCUT2D eigenvalue weighted by Crippen LogP contribution is 2.02. The number of quaternary nitrogens is 1. The van der Waals surface area contributed by atoms with Crippen molar-refractivity contribution in [1.82, 2.24) is 0 Å². The first-order valence-electron chi connectivity index (χ1n) is 2.67. The van der Waals surface area contributed by atoms with Crippen molar-refractivity contribution in [2.75, 3.05) is 0 Å². The lowest BCUT2D eigenvalue weighted by Gasteiger charge is -2.24. The fourth-order valence-electron chi connectivity index (χ4n) is 0.586. The second kappa shape index (κ2) is 2.74. The third-order valence-corrected chi connectivity index (χ3v) is 1.08. The topological polar surface area (TPSA) is 50.6 Å².